The van der Waals surface area contributed by atoms with E-state index in [2.05, 4.69) is 4.98 Å². The summed E-state index contributed by atoms with van der Waals surface area (Å²) in [5.74, 6) is 0.899. The topological polar surface area (TPSA) is 62.7 Å². The number of pyridine rings is 1. The minimum absolute atomic E-state index is 0.136. The van der Waals surface area contributed by atoms with Crippen molar-refractivity contribution < 1.29 is 27.8 Å². The minimum Gasteiger partial charge on any atom is -0.493 e. The monoisotopic (exact) mass is 302 g/mol. The number of likely N-dealkylation sites (tertiary alicyclic amines) is 1. The molecule has 3 atom stereocenters. The third-order valence-corrected chi connectivity index (χ3v) is 4.11. The Kier molecular flexibility index (Phi) is 3.18. The summed E-state index contributed by atoms with van der Waals surface area (Å²) < 4.78 is 42.9. The SMILES string of the molecule is O=C(O)N1C[C@@H]2C(COc3ccnc(C(F)(F)F)c3)[C@@H]2C1. The number of ether oxygens (including phenoxy) is 1. The normalized spacial score (nSPS) is 27.4. The number of alkyl halides is 3. The van der Waals surface area contributed by atoms with E-state index in [4.69, 9.17) is 9.84 Å². The predicted molar refractivity (Wildman–Crippen MR) is 64.8 cm³/mol. The number of halogens is 3. The van der Waals surface area contributed by atoms with Gasteiger partial charge in [-0.3, -0.25) is 4.98 Å². The van der Waals surface area contributed by atoms with E-state index in [1.54, 1.807) is 0 Å². The van der Waals surface area contributed by atoms with E-state index in [1.807, 2.05) is 0 Å². The summed E-state index contributed by atoms with van der Waals surface area (Å²) in [6.45, 7) is 1.28. The first kappa shape index (κ1) is 14.0. The molecule has 1 aliphatic heterocycles. The van der Waals surface area contributed by atoms with Crippen LogP contribution in [-0.4, -0.2) is 40.8 Å². The van der Waals surface area contributed by atoms with Crippen LogP contribution in [0.3, 0.4) is 0 Å². The number of fused-ring (bicyclic) bond motifs is 1. The minimum atomic E-state index is -4.49. The van der Waals surface area contributed by atoms with Crippen molar-refractivity contribution in [1.82, 2.24) is 9.88 Å². The molecule has 1 aliphatic carbocycles. The summed E-state index contributed by atoms with van der Waals surface area (Å²) in [6, 6.07) is 2.26. The second-order valence-corrected chi connectivity index (χ2v) is 5.36. The van der Waals surface area contributed by atoms with Gasteiger partial charge in [-0.05, 0) is 17.9 Å². The number of piperidine rings is 1. The Balaban J connectivity index is 1.53. The van der Waals surface area contributed by atoms with Gasteiger partial charge in [-0.25, -0.2) is 4.79 Å². The summed E-state index contributed by atoms with van der Waals surface area (Å²) in [7, 11) is 0. The second kappa shape index (κ2) is 4.78. The molecule has 114 valence electrons. The van der Waals surface area contributed by atoms with E-state index < -0.39 is 18.0 Å². The first-order valence-corrected chi connectivity index (χ1v) is 6.50. The second-order valence-electron chi connectivity index (χ2n) is 5.36. The smallest absolute Gasteiger partial charge is 0.433 e. The van der Waals surface area contributed by atoms with Crippen LogP contribution in [-0.2, 0) is 6.18 Å². The van der Waals surface area contributed by atoms with Crippen molar-refractivity contribution in [3.63, 3.8) is 0 Å². The first-order chi connectivity index (χ1) is 9.86. The van der Waals surface area contributed by atoms with E-state index in [0.717, 1.165) is 12.3 Å². The fraction of sp³-hybridized carbons (Fsp3) is 0.538. The molecule has 2 heterocycles. The number of aromatic nitrogens is 1. The molecule has 1 unspecified atom stereocenters. The fourth-order valence-electron chi connectivity index (χ4n) is 2.90. The lowest BCUT2D eigenvalue weighted by Gasteiger charge is -2.16. The average molecular weight is 302 g/mol. The van der Waals surface area contributed by atoms with Gasteiger partial charge in [0.25, 0.3) is 0 Å². The van der Waals surface area contributed by atoms with Crippen molar-refractivity contribution in [3.05, 3.63) is 24.0 Å². The highest BCUT2D eigenvalue weighted by molar-refractivity contribution is 5.65. The lowest BCUT2D eigenvalue weighted by Crippen LogP contribution is -2.30. The molecule has 0 bridgehead atoms. The lowest BCUT2D eigenvalue weighted by molar-refractivity contribution is -0.141. The zero-order valence-electron chi connectivity index (χ0n) is 10.9. The van der Waals surface area contributed by atoms with Gasteiger partial charge in [0.05, 0.1) is 6.61 Å². The van der Waals surface area contributed by atoms with Crippen LogP contribution in [0.4, 0.5) is 18.0 Å². The number of rotatable bonds is 3. The molecular formula is C13H13F3N2O3. The van der Waals surface area contributed by atoms with Crippen molar-refractivity contribution in [3.8, 4) is 5.75 Å². The lowest BCUT2D eigenvalue weighted by atomic mass is 10.3. The number of hydrogen-bond donors (Lipinski definition) is 1. The number of nitrogens with zero attached hydrogens (tertiary/aromatic N) is 2. The van der Waals surface area contributed by atoms with Gasteiger partial charge in [0, 0.05) is 31.3 Å². The van der Waals surface area contributed by atoms with E-state index in [-0.39, 0.29) is 23.5 Å². The molecule has 2 aliphatic rings. The van der Waals surface area contributed by atoms with Crippen LogP contribution in [0.1, 0.15) is 5.69 Å². The van der Waals surface area contributed by atoms with Crippen LogP contribution in [0.15, 0.2) is 18.3 Å². The van der Waals surface area contributed by atoms with Crippen molar-refractivity contribution in [2.45, 2.75) is 6.18 Å². The summed E-state index contributed by atoms with van der Waals surface area (Å²) in [6.07, 6.45) is -4.35. The van der Waals surface area contributed by atoms with Gasteiger partial charge in [-0.2, -0.15) is 13.2 Å². The van der Waals surface area contributed by atoms with Crippen molar-refractivity contribution in [2.24, 2.45) is 17.8 Å². The zero-order chi connectivity index (χ0) is 15.2. The molecule has 1 amide bonds. The van der Waals surface area contributed by atoms with Crippen LogP contribution in [0.2, 0.25) is 0 Å². The highest BCUT2D eigenvalue weighted by Crippen LogP contribution is 2.51. The molecule has 21 heavy (non-hydrogen) atoms. The number of carbonyl (C=O) groups is 1. The molecule has 3 rings (SSSR count). The molecule has 5 nitrogen and oxygen atoms in total. The van der Waals surface area contributed by atoms with E-state index in [0.29, 0.717) is 19.7 Å². The molecule has 1 N–H and O–H groups in total. The Morgan fingerprint density at radius 3 is 2.67 bits per heavy atom. The Hall–Kier alpha value is -1.99. The summed E-state index contributed by atoms with van der Waals surface area (Å²) >= 11 is 0. The molecule has 0 radical (unpaired) electrons. The largest absolute Gasteiger partial charge is 0.493 e. The van der Waals surface area contributed by atoms with Crippen LogP contribution in [0.25, 0.3) is 0 Å². The Labute approximate surface area is 118 Å². The van der Waals surface area contributed by atoms with E-state index in [9.17, 15) is 18.0 Å². The Morgan fingerprint density at radius 2 is 2.10 bits per heavy atom. The third-order valence-electron chi connectivity index (χ3n) is 4.11. The number of amides is 1. The van der Waals surface area contributed by atoms with Gasteiger partial charge in [0.15, 0.2) is 0 Å². The molecule has 2 fully saturated rings. The van der Waals surface area contributed by atoms with Crippen LogP contribution in [0, 0.1) is 17.8 Å². The van der Waals surface area contributed by atoms with Gasteiger partial charge < -0.3 is 14.7 Å². The van der Waals surface area contributed by atoms with Crippen molar-refractivity contribution >= 4 is 6.09 Å². The maximum atomic E-state index is 12.5. The maximum Gasteiger partial charge on any atom is 0.433 e. The predicted octanol–water partition coefficient (Wildman–Crippen LogP) is 2.34. The van der Waals surface area contributed by atoms with Gasteiger partial charge in [-0.1, -0.05) is 0 Å². The van der Waals surface area contributed by atoms with Gasteiger partial charge in [-0.15, -0.1) is 0 Å². The molecule has 1 saturated carbocycles. The highest BCUT2D eigenvalue weighted by Gasteiger charge is 2.57. The number of carboxylic acid groups (broad SMARTS) is 1. The summed E-state index contributed by atoms with van der Waals surface area (Å²) in [5.41, 5.74) is -0.979. The molecule has 1 saturated heterocycles. The molecule has 8 heteroatoms. The first-order valence-electron chi connectivity index (χ1n) is 6.50. The summed E-state index contributed by atoms with van der Waals surface area (Å²) in [5, 5.41) is 8.83. The highest BCUT2D eigenvalue weighted by atomic mass is 19.4. The van der Waals surface area contributed by atoms with Crippen LogP contribution >= 0.6 is 0 Å². The van der Waals surface area contributed by atoms with Crippen LogP contribution < -0.4 is 4.74 Å². The third kappa shape index (κ3) is 2.74. The Bertz CT molecular complexity index is 552. The van der Waals surface area contributed by atoms with Crippen molar-refractivity contribution in [1.29, 1.82) is 0 Å². The molecule has 1 aromatic heterocycles. The standard InChI is InChI=1S/C13H13F3N2O3/c14-13(15,16)11-3-7(1-2-17-11)21-6-10-8-4-18(12(19)20)5-9(8)10/h1-3,8-10H,4-6H2,(H,19,20)/t8-,9+,10?. The zero-order valence-corrected chi connectivity index (χ0v) is 10.9. The van der Waals surface area contributed by atoms with E-state index >= 15 is 0 Å². The Morgan fingerprint density at radius 1 is 1.43 bits per heavy atom. The van der Waals surface area contributed by atoms with Crippen molar-refractivity contribution in [2.75, 3.05) is 19.7 Å². The van der Waals surface area contributed by atoms with Gasteiger partial charge in [0.2, 0.25) is 0 Å². The quantitative estimate of drug-likeness (QED) is 0.931. The summed E-state index contributed by atoms with van der Waals surface area (Å²) in [4.78, 5) is 15.4. The molecule has 0 spiro atoms. The maximum absolute atomic E-state index is 12.5. The van der Waals surface area contributed by atoms with Gasteiger partial charge in [0.1, 0.15) is 11.4 Å². The molecule has 0 aromatic carbocycles. The number of hydrogen-bond acceptors (Lipinski definition) is 3. The average Bonchev–Trinajstić information content (AvgIpc) is 2.86. The van der Waals surface area contributed by atoms with Gasteiger partial charge >= 0.3 is 12.3 Å². The van der Waals surface area contributed by atoms with Crippen LogP contribution in [0.5, 0.6) is 5.75 Å². The fourth-order valence-corrected chi connectivity index (χ4v) is 2.90. The molecule has 1 aromatic rings. The molecular weight excluding hydrogens is 289 g/mol. The van der Waals surface area contributed by atoms with E-state index in [1.165, 1.54) is 11.0 Å².